The molecule has 0 N–H and O–H groups in total. The number of hydrogen-bond donors (Lipinski definition) is 0. The zero-order chi connectivity index (χ0) is 50.1. The van der Waals surface area contributed by atoms with E-state index in [1.165, 1.54) is 11.1 Å². The molecule has 1 atom stereocenters. The fourth-order valence-corrected chi connectivity index (χ4v) is 43.1. The Morgan fingerprint density at radius 2 is 0.441 bits per heavy atom. The Kier molecular flexibility index (Phi) is 21.8. The van der Waals surface area contributed by atoms with Crippen LogP contribution in [0.1, 0.15) is 27.7 Å². The monoisotopic (exact) mass is 1180 g/mol. The third-order valence-electron chi connectivity index (χ3n) is 15.0. The minimum Gasteiger partial charge on any atom is -1.00 e. The molecule has 68 heavy (non-hydrogen) atoms. The Labute approximate surface area is 466 Å². The third kappa shape index (κ3) is 13.1. The number of allylic oxidation sites excluding steroid dienone is 4. The van der Waals surface area contributed by atoms with Crippen LogP contribution in [0.4, 0.5) is 0 Å². The molecule has 4 rings (SSSR count). The Morgan fingerprint density at radius 3 is 0.574 bits per heavy atom. The minimum atomic E-state index is -3.27. The van der Waals surface area contributed by atoms with Crippen LogP contribution in [0.5, 0.6) is 0 Å². The Morgan fingerprint density at radius 1 is 0.294 bits per heavy atom. The second-order valence-corrected chi connectivity index (χ2v) is 79.4. The van der Waals surface area contributed by atoms with Crippen molar-refractivity contribution in [2.24, 2.45) is 0 Å². The number of benzene rings is 3. The first kappa shape index (κ1) is 68.9. The molecule has 0 radical (unpaired) electrons. The molecule has 0 nitrogen and oxygen atoms in total. The number of hydrogen-bond acceptors (Lipinski definition) is 0. The van der Waals surface area contributed by atoms with E-state index in [-0.39, 0.29) is 64.0 Å². The van der Waals surface area contributed by atoms with Gasteiger partial charge in [-0.25, -0.2) is 5.57 Å². The smallest absolute Gasteiger partial charge is 1.00 e. The molecule has 0 aliphatic heterocycles. The first-order valence-corrected chi connectivity index (χ1v) is 58.5. The van der Waals surface area contributed by atoms with Crippen molar-refractivity contribution in [1.29, 1.82) is 0 Å². The molecule has 0 bridgehead atoms. The second kappa shape index (κ2) is 21.5. The van der Waals surface area contributed by atoms with Gasteiger partial charge in [0.1, 0.15) is 8.07 Å². The summed E-state index contributed by atoms with van der Waals surface area (Å²) in [5.74, 6) is 0. The quantitative estimate of drug-likeness (QED) is 0.136. The van der Waals surface area contributed by atoms with Crippen molar-refractivity contribution in [1.82, 2.24) is 0 Å². The van der Waals surface area contributed by atoms with Crippen LogP contribution in [-0.2, 0) is 21.7 Å². The van der Waals surface area contributed by atoms with Crippen LogP contribution in [0, 0.1) is 6.08 Å². The molecule has 3 aromatic carbocycles. The molecule has 380 valence electrons. The van der Waals surface area contributed by atoms with E-state index in [0.717, 1.165) is 0 Å². The molecular formula is C54H99Cl3Si10Ti. The van der Waals surface area contributed by atoms with Gasteiger partial charge >= 0.3 is 21.7 Å². The van der Waals surface area contributed by atoms with E-state index >= 15 is 0 Å². The van der Waals surface area contributed by atoms with Crippen molar-refractivity contribution in [3.8, 4) is 0 Å². The summed E-state index contributed by atoms with van der Waals surface area (Å²) in [6.07, 6.45) is 4.62. The topological polar surface area (TPSA) is 0 Å². The van der Waals surface area contributed by atoms with Gasteiger partial charge in [-0.3, -0.25) is 6.08 Å². The molecule has 0 saturated carbocycles. The maximum atomic E-state index is 4.62. The summed E-state index contributed by atoms with van der Waals surface area (Å²) >= 11 is 0. The molecule has 0 amide bonds. The molecule has 1 unspecified atom stereocenters. The maximum absolute atomic E-state index is 4.62. The van der Waals surface area contributed by atoms with Crippen LogP contribution in [0.25, 0.3) is 0 Å². The van der Waals surface area contributed by atoms with Gasteiger partial charge in [-0.05, 0) is 0 Å². The fraction of sp³-hybridized carbons (Fsp3) is 0.593. The average Bonchev–Trinajstić information content (AvgIpc) is 3.26. The summed E-state index contributed by atoms with van der Waals surface area (Å²) in [5.41, 5.74) is 4.45. The van der Waals surface area contributed by atoms with Gasteiger partial charge in [0.05, 0.1) is 72.7 Å². The molecular weight excluding hydrogens is 1080 g/mol. The van der Waals surface area contributed by atoms with Crippen LogP contribution >= 0.6 is 0 Å². The van der Waals surface area contributed by atoms with Crippen molar-refractivity contribution in [2.75, 3.05) is 0 Å². The van der Waals surface area contributed by atoms with Crippen molar-refractivity contribution in [3.05, 3.63) is 59.2 Å². The van der Waals surface area contributed by atoms with Gasteiger partial charge in [-0.15, -0.1) is 6.92 Å². The average molecular weight is 1180 g/mol. The summed E-state index contributed by atoms with van der Waals surface area (Å²) in [6.45, 7) is 82.2. The zero-order valence-electron chi connectivity index (χ0n) is 49.6. The molecule has 0 saturated heterocycles. The van der Waals surface area contributed by atoms with E-state index in [2.05, 4.69) is 247 Å². The van der Waals surface area contributed by atoms with Crippen LogP contribution in [0.2, 0.25) is 182 Å². The van der Waals surface area contributed by atoms with E-state index in [4.69, 9.17) is 0 Å². The Balaban J connectivity index is 0.0000112. The van der Waals surface area contributed by atoms with Crippen LogP contribution in [0.3, 0.4) is 0 Å². The van der Waals surface area contributed by atoms with E-state index in [0.29, 0.717) is 0 Å². The van der Waals surface area contributed by atoms with Crippen LogP contribution in [0.15, 0.2) is 53.1 Å². The standard InChI is InChI=1S/C54H99Si10.3ClH.Ti/c1-39-38-54(4,41(3)40(39)2)64(51-35-45(58(14,15)16)42(55(5,6)7)32-48(51)61(23,24)25,52-36-46(59(17,18)19)43(56(8,9)10)33-49(52)62(26,27)28)53-37-47(60(20,21)22)44(57(11,12)13)34-50(53)63(29,30)31;;;;/h32-37H,1-31H3;3*1H;/q-1;;;;+4/p-3. The maximum Gasteiger partial charge on any atom is 4.00 e. The SMILES string of the molecule is CC1=[C-]C(C)([Si](c2cc([Si](C)(C)C)c([Si](C)(C)C)cc2[Si](C)(C)C)(c2cc([Si](C)(C)C)c([Si](C)(C)C)cc2[Si](C)(C)C)c2cc([Si](C)(C)C)c([Si](C)(C)C)cc2[Si](C)(C)C)C(C)=C1C.[Cl-].[Cl-].[Cl-].[Ti+4]. The summed E-state index contributed by atoms with van der Waals surface area (Å²) < 4.78 is 0. The first-order chi connectivity index (χ1) is 28.1. The molecule has 0 aromatic heterocycles. The van der Waals surface area contributed by atoms with Crippen molar-refractivity contribution >= 4 is 143 Å². The predicted molar refractivity (Wildman–Crippen MR) is 330 cm³/mol. The minimum absolute atomic E-state index is 0. The predicted octanol–water partition coefficient (Wildman–Crippen LogP) is 0.933. The summed E-state index contributed by atoms with van der Waals surface area (Å²) in [5, 5.41) is 20.8. The van der Waals surface area contributed by atoms with Crippen molar-refractivity contribution in [3.63, 3.8) is 0 Å². The largest absolute Gasteiger partial charge is 4.00 e. The number of rotatable bonds is 13. The normalized spacial score (nSPS) is 17.0. The third-order valence-corrected chi connectivity index (χ3v) is 40.5. The fourth-order valence-electron chi connectivity index (χ4n) is 11.2. The molecule has 1 aliphatic rings. The zero-order valence-corrected chi connectivity index (χ0v) is 63.4. The van der Waals surface area contributed by atoms with Crippen molar-refractivity contribution in [2.45, 2.75) is 210 Å². The van der Waals surface area contributed by atoms with Gasteiger partial charge in [0.2, 0.25) is 0 Å². The molecule has 3 aromatic rings. The Bertz CT molecular complexity index is 2170. The van der Waals surface area contributed by atoms with Gasteiger partial charge in [0.15, 0.2) is 0 Å². The molecule has 0 heterocycles. The number of halogens is 3. The van der Waals surface area contributed by atoms with E-state index < -0.39 is 80.7 Å². The Hall–Kier alpha value is 0.893. The second-order valence-electron chi connectivity index (χ2n) is 30.0. The van der Waals surface area contributed by atoms with Gasteiger partial charge in [-0.1, -0.05) is 301 Å². The molecule has 0 spiro atoms. The van der Waals surface area contributed by atoms with Gasteiger partial charge in [0, 0.05) is 0 Å². The summed E-state index contributed by atoms with van der Waals surface area (Å²) in [4.78, 5) is 0. The molecule has 0 fully saturated rings. The van der Waals surface area contributed by atoms with Crippen LogP contribution in [-0.4, -0.2) is 80.7 Å². The summed E-state index contributed by atoms with van der Waals surface area (Å²) in [7, 11) is -20.2. The van der Waals surface area contributed by atoms with Crippen LogP contribution < -0.4 is 99.5 Å². The molecule has 14 heteroatoms. The van der Waals surface area contributed by atoms with E-state index in [1.807, 2.05) is 0 Å². The van der Waals surface area contributed by atoms with E-state index in [9.17, 15) is 0 Å². The summed E-state index contributed by atoms with van der Waals surface area (Å²) in [6, 6.07) is 17.8. The van der Waals surface area contributed by atoms with Gasteiger partial charge < -0.3 is 37.2 Å². The van der Waals surface area contributed by atoms with Gasteiger partial charge in [-0.2, -0.15) is 11.1 Å². The van der Waals surface area contributed by atoms with Gasteiger partial charge in [0.25, 0.3) is 0 Å². The first-order valence-electron chi connectivity index (χ1n) is 25.0. The van der Waals surface area contributed by atoms with Crippen molar-refractivity contribution < 1.29 is 58.9 Å². The molecule has 1 aliphatic carbocycles. The van der Waals surface area contributed by atoms with E-state index in [1.54, 1.807) is 67.8 Å².